The van der Waals surface area contributed by atoms with Crippen LogP contribution in [0.1, 0.15) is 61.7 Å². The van der Waals surface area contributed by atoms with E-state index in [0.29, 0.717) is 39.7 Å². The molecule has 0 spiro atoms. The zero-order valence-electron chi connectivity index (χ0n) is 33.0. The van der Waals surface area contributed by atoms with Gasteiger partial charge in [0.1, 0.15) is 6.61 Å². The molecule has 2 radical (unpaired) electrons. The molecule has 312 valence electrons. The first-order chi connectivity index (χ1) is 29.2. The number of rotatable bonds is 20. The van der Waals surface area contributed by atoms with Crippen LogP contribution in [0.2, 0.25) is 0 Å². The fourth-order valence-corrected chi connectivity index (χ4v) is 6.18. The van der Waals surface area contributed by atoms with Gasteiger partial charge in [-0.3, -0.25) is 10.1 Å². The van der Waals surface area contributed by atoms with Crippen molar-refractivity contribution in [3.8, 4) is 11.5 Å². The number of carboxylic acid groups (broad SMARTS) is 1. The van der Waals surface area contributed by atoms with Crippen molar-refractivity contribution in [1.82, 2.24) is 5.32 Å². The maximum atomic E-state index is 13.5. The summed E-state index contributed by atoms with van der Waals surface area (Å²) in [5, 5.41) is 35.0. The van der Waals surface area contributed by atoms with Crippen LogP contribution < -0.4 is 36.1 Å². The summed E-state index contributed by atoms with van der Waals surface area (Å²) in [6.45, 7) is 7.71. The number of nitro benzene ring substituents is 1. The minimum atomic E-state index is -1.04. The third-order valence-corrected chi connectivity index (χ3v) is 9.05. The minimum absolute atomic E-state index is 0.0210. The van der Waals surface area contributed by atoms with Crippen LogP contribution in [-0.4, -0.2) is 80.4 Å². The van der Waals surface area contributed by atoms with Crippen molar-refractivity contribution in [2.75, 3.05) is 34.4 Å². The van der Waals surface area contributed by atoms with Crippen LogP contribution >= 0.6 is 0 Å². The molecule has 61 heavy (non-hydrogen) atoms. The van der Waals surface area contributed by atoms with Gasteiger partial charge in [0.2, 0.25) is 0 Å². The van der Waals surface area contributed by atoms with Gasteiger partial charge in [0, 0.05) is 17.8 Å². The number of benzene rings is 5. The van der Waals surface area contributed by atoms with Crippen LogP contribution in [0.25, 0.3) is 0 Å². The van der Waals surface area contributed by atoms with Crippen LogP contribution in [0, 0.1) is 10.1 Å². The minimum Gasteiger partial charge on any atom is -0.485 e. The van der Waals surface area contributed by atoms with Gasteiger partial charge in [0.15, 0.2) is 11.5 Å². The van der Waals surface area contributed by atoms with Gasteiger partial charge in [-0.25, -0.2) is 4.79 Å². The molecule has 0 bridgehead atoms. The Morgan fingerprint density at radius 2 is 1.25 bits per heavy atom. The van der Waals surface area contributed by atoms with Crippen molar-refractivity contribution in [3.63, 3.8) is 0 Å². The number of nitrogens with zero attached hydrogens (tertiary/aromatic N) is 1. The summed E-state index contributed by atoms with van der Waals surface area (Å²) >= 11 is 1.93. The quantitative estimate of drug-likeness (QED) is 0.0198. The van der Waals surface area contributed by atoms with Gasteiger partial charge in [-0.05, 0) is 62.4 Å². The Morgan fingerprint density at radius 3 is 1.80 bits per heavy atom. The molecule has 5 rings (SSSR count). The van der Waals surface area contributed by atoms with Crippen molar-refractivity contribution in [2.45, 2.75) is 32.4 Å². The number of hydrogen-bond donors (Lipinski definition) is 6. The van der Waals surface area contributed by atoms with Gasteiger partial charge in [-0.15, -0.1) is 0 Å². The fraction of sp³-hybridized carbons (Fsp3) is 0.159. The third kappa shape index (κ3) is 12.8. The van der Waals surface area contributed by atoms with E-state index in [1.807, 2.05) is 30.7 Å². The van der Waals surface area contributed by atoms with Crippen LogP contribution in [0.4, 0.5) is 34.1 Å². The Labute approximate surface area is 359 Å². The second-order valence-corrected chi connectivity index (χ2v) is 14.7. The number of non-ortho nitro benzene ring substituents is 1. The molecule has 5 aromatic carbocycles. The molecule has 1 atom stereocenters. The van der Waals surface area contributed by atoms with Gasteiger partial charge < -0.3 is 19.9 Å². The monoisotopic (exact) mass is 888 g/mol. The van der Waals surface area contributed by atoms with Gasteiger partial charge in [0.05, 0.1) is 22.3 Å². The van der Waals surface area contributed by atoms with E-state index in [4.69, 9.17) is 9.47 Å². The van der Waals surface area contributed by atoms with Crippen LogP contribution in [0.15, 0.2) is 122 Å². The summed E-state index contributed by atoms with van der Waals surface area (Å²) in [6, 6.07) is 26.8. The molecule has 0 fully saturated rings. The average molecular weight is 889 g/mol. The largest absolute Gasteiger partial charge is 0.485 e. The molecule has 17 heteroatoms. The fourth-order valence-electron chi connectivity index (χ4n) is 5.72. The smallest absolute Gasteiger partial charge is 0.187 e. The zero-order valence-corrected chi connectivity index (χ0v) is 34.8. The number of anilines is 5. The molecule has 0 saturated carbocycles. The van der Waals surface area contributed by atoms with Crippen LogP contribution in [-0.2, 0) is 4.79 Å². The second-order valence-electron chi connectivity index (χ2n) is 13.6. The molecular weight excluding hydrogens is 847 g/mol. The van der Waals surface area contributed by atoms with Crippen molar-refractivity contribution in [2.24, 2.45) is 0 Å². The summed E-state index contributed by atoms with van der Waals surface area (Å²) in [6.07, 6.45) is 1.29. The summed E-state index contributed by atoms with van der Waals surface area (Å²) in [5.41, 5.74) is 3.30. The molecule has 0 saturated heterocycles. The molecule has 0 aliphatic carbocycles. The number of hydrogen-bond acceptors (Lipinski definition) is 11. The first-order valence-corrected chi connectivity index (χ1v) is 19.7. The van der Waals surface area contributed by atoms with E-state index >= 15 is 0 Å². The number of aromatic carboxylic acids is 1. The SMILES string of the molecule is C=CCOc1c(Nc2ccc(C(=O)O)cc2)ccc(NC(=O)c2ccc(NC[C@H](CC(=O)[As])NC(=O)c3ccc(NC(=O)c4ccc([N+](=O)[O-])cc4)cc3)cc2)c1OC(C)C. The number of nitrogens with one attached hydrogen (secondary N) is 5. The molecule has 6 N–H and O–H groups in total. The normalized spacial score (nSPS) is 11.1. The Hall–Kier alpha value is -7.45. The molecule has 0 aliphatic heterocycles. The first kappa shape index (κ1) is 44.6. The standard InChI is InChI=1S/C44H41AsN6O10/c1-4-23-60-39-36(47-32-17-9-30(10-18-32)44(56)57)21-22-37(40(39)61-26(2)3)50-43(55)28-5-13-31(14-6-28)46-25-34(24-38(45)52)49-42(54)27-7-15-33(16-8-27)48-41(53)29-11-19-35(20-12-29)51(58)59/h4-22,26,34,46-47H,1,23-25H2,2-3H3,(H,48,53)(H,49,54)(H,50,55)(H,56,57)/t34-/m0/s1. The average Bonchev–Trinajstić information content (AvgIpc) is 3.23. The van der Waals surface area contributed by atoms with Crippen LogP contribution in [0.3, 0.4) is 0 Å². The topological polar surface area (TPSA) is 227 Å². The predicted molar refractivity (Wildman–Crippen MR) is 232 cm³/mol. The Bertz CT molecular complexity index is 2410. The predicted octanol–water partition coefficient (Wildman–Crippen LogP) is 7.19. The van der Waals surface area contributed by atoms with E-state index in [-0.39, 0.29) is 58.4 Å². The molecule has 3 amide bonds. The van der Waals surface area contributed by atoms with Crippen molar-refractivity contribution >= 4 is 79.2 Å². The molecule has 0 heterocycles. The third-order valence-electron chi connectivity index (χ3n) is 8.67. The van der Waals surface area contributed by atoms with E-state index in [0.717, 1.165) is 0 Å². The van der Waals surface area contributed by atoms with Crippen molar-refractivity contribution in [1.29, 1.82) is 0 Å². The van der Waals surface area contributed by atoms with E-state index in [9.17, 15) is 39.2 Å². The van der Waals surface area contributed by atoms with Crippen molar-refractivity contribution < 1.29 is 43.5 Å². The summed E-state index contributed by atoms with van der Waals surface area (Å²) in [5.74, 6) is -1.83. The van der Waals surface area contributed by atoms with Gasteiger partial charge in [-0.1, -0.05) is 12.7 Å². The Morgan fingerprint density at radius 1 is 0.721 bits per heavy atom. The summed E-state index contributed by atoms with van der Waals surface area (Å²) in [7, 11) is 0. The summed E-state index contributed by atoms with van der Waals surface area (Å²) in [4.78, 5) is 73.0. The Kier molecular flexibility index (Phi) is 15.4. The van der Waals surface area contributed by atoms with Crippen molar-refractivity contribution in [3.05, 3.63) is 154 Å². The van der Waals surface area contributed by atoms with Crippen LogP contribution in [0.5, 0.6) is 11.5 Å². The number of nitro groups is 1. The number of carbonyl (C=O) groups is 5. The molecule has 0 aliphatic rings. The molecule has 16 nitrogen and oxygen atoms in total. The maximum absolute atomic E-state index is 13.5. The van der Waals surface area contributed by atoms with Gasteiger partial charge in [-0.2, -0.15) is 0 Å². The van der Waals surface area contributed by atoms with Gasteiger partial charge >= 0.3 is 187 Å². The first-order valence-electron chi connectivity index (χ1n) is 18.7. The number of carboxylic acids is 1. The number of ether oxygens (including phenoxy) is 2. The van der Waals surface area contributed by atoms with E-state index in [2.05, 4.69) is 33.2 Å². The molecule has 0 aromatic heterocycles. The molecule has 5 aromatic rings. The number of amides is 3. The summed E-state index contributed by atoms with van der Waals surface area (Å²) < 4.78 is 12.0. The Balaban J connectivity index is 1.22. The number of carbonyl (C=O) groups excluding carboxylic acids is 4. The van der Waals surface area contributed by atoms with E-state index in [1.165, 1.54) is 60.7 Å². The van der Waals surface area contributed by atoms with Gasteiger partial charge in [0.25, 0.3) is 5.69 Å². The van der Waals surface area contributed by atoms with E-state index in [1.54, 1.807) is 54.6 Å². The van der Waals surface area contributed by atoms with E-state index < -0.39 is 34.7 Å². The second kappa shape index (κ2) is 21.0. The molecular formula is C44H41AsN6O10. The molecule has 0 unspecified atom stereocenters. The zero-order chi connectivity index (χ0) is 44.1. The maximum Gasteiger partial charge on any atom is 0.187 e.